The van der Waals surface area contributed by atoms with Gasteiger partial charge in [0.15, 0.2) is 5.96 Å². The lowest BCUT2D eigenvalue weighted by Crippen LogP contribution is -2.43. The summed E-state index contributed by atoms with van der Waals surface area (Å²) in [7, 11) is 2.18. The summed E-state index contributed by atoms with van der Waals surface area (Å²) in [5, 5.41) is 6.91. The van der Waals surface area contributed by atoms with Crippen molar-refractivity contribution in [1.82, 2.24) is 20.4 Å². The summed E-state index contributed by atoms with van der Waals surface area (Å²) >= 11 is 0. The summed E-state index contributed by atoms with van der Waals surface area (Å²) in [4.78, 5) is 9.59. The summed E-state index contributed by atoms with van der Waals surface area (Å²) in [5.74, 6) is 0.949. The monoisotopic (exact) mass is 469 g/mol. The molecule has 6 heteroatoms. The van der Waals surface area contributed by atoms with E-state index in [1.807, 2.05) is 0 Å². The van der Waals surface area contributed by atoms with Gasteiger partial charge < -0.3 is 20.4 Å². The molecule has 0 aromatic carbocycles. The summed E-state index contributed by atoms with van der Waals surface area (Å²) in [6, 6.07) is 1.07. The summed E-state index contributed by atoms with van der Waals surface area (Å²) in [6.07, 6.45) is 3.59. The second kappa shape index (κ2) is 17.3. The average molecular weight is 470 g/mol. The Morgan fingerprint density at radius 2 is 1.68 bits per heavy atom. The highest BCUT2D eigenvalue weighted by atomic mass is 127. The van der Waals surface area contributed by atoms with Crippen LogP contribution in [-0.2, 0) is 0 Å². The van der Waals surface area contributed by atoms with Gasteiger partial charge in [-0.25, -0.2) is 0 Å². The Labute approximate surface area is 174 Å². The predicted octanol–water partition coefficient (Wildman–Crippen LogP) is 3.40. The Kier molecular flexibility index (Phi) is 18.8. The van der Waals surface area contributed by atoms with E-state index >= 15 is 0 Å². The van der Waals surface area contributed by atoms with E-state index < -0.39 is 0 Å². The lowest BCUT2D eigenvalue weighted by atomic mass is 10.2. The van der Waals surface area contributed by atoms with Gasteiger partial charge in [-0.05, 0) is 66.7 Å². The Hall–Kier alpha value is -0.0800. The fourth-order valence-electron chi connectivity index (χ4n) is 2.64. The fourth-order valence-corrected chi connectivity index (χ4v) is 2.64. The maximum atomic E-state index is 4.73. The number of guanidine groups is 1. The number of halogens is 1. The van der Waals surface area contributed by atoms with Crippen LogP contribution in [0.4, 0.5) is 0 Å². The zero-order valence-corrected chi connectivity index (χ0v) is 20.1. The van der Waals surface area contributed by atoms with Crippen LogP contribution in [0, 0.1) is 0 Å². The summed E-state index contributed by atoms with van der Waals surface area (Å²) in [5.41, 5.74) is 0. The molecule has 0 spiro atoms. The van der Waals surface area contributed by atoms with Crippen LogP contribution in [0.1, 0.15) is 60.8 Å². The first-order valence-electron chi connectivity index (χ1n) is 9.95. The smallest absolute Gasteiger partial charge is 0.191 e. The molecule has 0 saturated heterocycles. The molecular formula is C19H44IN5. The first-order chi connectivity index (χ1) is 11.5. The highest BCUT2D eigenvalue weighted by Crippen LogP contribution is 2.01. The molecule has 2 N–H and O–H groups in total. The highest BCUT2D eigenvalue weighted by molar-refractivity contribution is 14.0. The van der Waals surface area contributed by atoms with Gasteiger partial charge in [0, 0.05) is 25.2 Å². The quantitative estimate of drug-likeness (QED) is 0.247. The van der Waals surface area contributed by atoms with Gasteiger partial charge >= 0.3 is 0 Å². The van der Waals surface area contributed by atoms with Gasteiger partial charge in [0.05, 0.1) is 6.54 Å². The lowest BCUT2D eigenvalue weighted by Gasteiger charge is -2.23. The minimum Gasteiger partial charge on any atom is -0.357 e. The van der Waals surface area contributed by atoms with Crippen molar-refractivity contribution in [1.29, 1.82) is 0 Å². The standard InChI is InChI=1S/C19H43N5.HI/c1-8-18(6)23(7)16-14-21-19(20-9-2)22-17(5)13-12-15-24(10-3)11-4;/h17-18H,8-16H2,1-7H3,(H2,20,21,22);1H. The van der Waals surface area contributed by atoms with Crippen LogP contribution < -0.4 is 10.6 Å². The number of hydrogen-bond acceptors (Lipinski definition) is 3. The minimum absolute atomic E-state index is 0. The molecule has 0 aliphatic rings. The zero-order chi connectivity index (χ0) is 18.4. The lowest BCUT2D eigenvalue weighted by molar-refractivity contribution is 0.259. The van der Waals surface area contributed by atoms with Gasteiger partial charge in [-0.1, -0.05) is 20.8 Å². The number of aliphatic imine (C=N–C) groups is 1. The third kappa shape index (κ3) is 13.7. The van der Waals surface area contributed by atoms with Crippen molar-refractivity contribution in [3.05, 3.63) is 0 Å². The molecule has 0 aromatic heterocycles. The molecule has 152 valence electrons. The van der Waals surface area contributed by atoms with Crippen LogP contribution in [0.2, 0.25) is 0 Å². The van der Waals surface area contributed by atoms with E-state index in [-0.39, 0.29) is 24.0 Å². The van der Waals surface area contributed by atoms with Crippen LogP contribution in [0.3, 0.4) is 0 Å². The predicted molar refractivity (Wildman–Crippen MR) is 123 cm³/mol. The van der Waals surface area contributed by atoms with Crippen molar-refractivity contribution < 1.29 is 0 Å². The third-order valence-corrected chi connectivity index (χ3v) is 4.80. The Morgan fingerprint density at radius 3 is 2.20 bits per heavy atom. The van der Waals surface area contributed by atoms with Gasteiger partial charge in [-0.3, -0.25) is 4.99 Å². The molecule has 25 heavy (non-hydrogen) atoms. The Balaban J connectivity index is 0. The molecule has 0 bridgehead atoms. The molecule has 0 saturated carbocycles. The maximum absolute atomic E-state index is 4.73. The number of likely N-dealkylation sites (N-methyl/N-ethyl adjacent to an activating group) is 1. The Morgan fingerprint density at radius 1 is 1.04 bits per heavy atom. The maximum Gasteiger partial charge on any atom is 0.191 e. The number of nitrogens with one attached hydrogen (secondary N) is 2. The molecule has 0 radical (unpaired) electrons. The van der Waals surface area contributed by atoms with E-state index in [4.69, 9.17) is 4.99 Å². The van der Waals surface area contributed by atoms with Gasteiger partial charge in [0.1, 0.15) is 0 Å². The molecule has 0 aliphatic carbocycles. The average Bonchev–Trinajstić information content (AvgIpc) is 2.57. The topological polar surface area (TPSA) is 42.9 Å². The van der Waals surface area contributed by atoms with Gasteiger partial charge in [0.2, 0.25) is 0 Å². The van der Waals surface area contributed by atoms with Crippen LogP contribution in [0.15, 0.2) is 4.99 Å². The van der Waals surface area contributed by atoms with E-state index in [0.29, 0.717) is 12.1 Å². The van der Waals surface area contributed by atoms with Gasteiger partial charge in [-0.2, -0.15) is 0 Å². The first-order valence-corrected chi connectivity index (χ1v) is 9.95. The van der Waals surface area contributed by atoms with Crippen LogP contribution in [-0.4, -0.2) is 74.2 Å². The van der Waals surface area contributed by atoms with Crippen molar-refractivity contribution in [2.75, 3.05) is 46.3 Å². The largest absolute Gasteiger partial charge is 0.357 e. The van der Waals surface area contributed by atoms with E-state index in [1.165, 1.54) is 25.8 Å². The SMILES string of the molecule is CCNC(=NCCN(C)C(C)CC)NC(C)CCCN(CC)CC.I. The molecule has 0 aromatic rings. The summed E-state index contributed by atoms with van der Waals surface area (Å²) in [6.45, 7) is 19.6. The van der Waals surface area contributed by atoms with E-state index in [9.17, 15) is 0 Å². The molecule has 0 heterocycles. The Bertz CT molecular complexity index is 321. The number of hydrogen-bond donors (Lipinski definition) is 2. The van der Waals surface area contributed by atoms with Gasteiger partial charge in [0.25, 0.3) is 0 Å². The second-order valence-electron chi connectivity index (χ2n) is 6.71. The van der Waals surface area contributed by atoms with Crippen LogP contribution in [0.5, 0.6) is 0 Å². The van der Waals surface area contributed by atoms with Crippen molar-refractivity contribution in [3.8, 4) is 0 Å². The molecule has 0 aliphatic heterocycles. The third-order valence-electron chi connectivity index (χ3n) is 4.80. The first kappa shape index (κ1) is 27.1. The molecule has 0 rings (SSSR count). The number of rotatable bonds is 13. The molecule has 2 unspecified atom stereocenters. The van der Waals surface area contributed by atoms with Crippen molar-refractivity contribution >= 4 is 29.9 Å². The molecule has 0 fully saturated rings. The van der Waals surface area contributed by atoms with Crippen LogP contribution in [0.25, 0.3) is 0 Å². The second-order valence-corrected chi connectivity index (χ2v) is 6.71. The van der Waals surface area contributed by atoms with Crippen molar-refractivity contribution in [2.24, 2.45) is 4.99 Å². The fraction of sp³-hybridized carbons (Fsp3) is 0.947. The molecule has 0 amide bonds. The normalized spacial score (nSPS) is 14.4. The van der Waals surface area contributed by atoms with E-state index in [2.05, 4.69) is 69.0 Å². The summed E-state index contributed by atoms with van der Waals surface area (Å²) < 4.78 is 0. The molecular weight excluding hydrogens is 425 g/mol. The molecule has 2 atom stereocenters. The van der Waals surface area contributed by atoms with Gasteiger partial charge in [-0.15, -0.1) is 24.0 Å². The van der Waals surface area contributed by atoms with Crippen LogP contribution >= 0.6 is 24.0 Å². The zero-order valence-electron chi connectivity index (χ0n) is 17.8. The number of nitrogens with zero attached hydrogens (tertiary/aromatic N) is 3. The molecule has 5 nitrogen and oxygen atoms in total. The minimum atomic E-state index is 0. The van der Waals surface area contributed by atoms with E-state index in [0.717, 1.165) is 38.7 Å². The van der Waals surface area contributed by atoms with E-state index in [1.54, 1.807) is 0 Å². The van der Waals surface area contributed by atoms with Crippen molar-refractivity contribution in [3.63, 3.8) is 0 Å². The van der Waals surface area contributed by atoms with Crippen molar-refractivity contribution in [2.45, 2.75) is 72.9 Å². The highest BCUT2D eigenvalue weighted by Gasteiger charge is 2.08.